The molecule has 0 radical (unpaired) electrons. The van der Waals surface area contributed by atoms with Gasteiger partial charge < -0.3 is 26.2 Å². The molecule has 0 bridgehead atoms. The van der Waals surface area contributed by atoms with Crippen LogP contribution in [0.1, 0.15) is 41.3 Å². The molecule has 2 aromatic rings. The summed E-state index contributed by atoms with van der Waals surface area (Å²) in [6.45, 7) is 5.57. The lowest BCUT2D eigenvalue weighted by Crippen LogP contribution is -2.41. The number of likely N-dealkylation sites (tertiary alicyclic amines) is 1. The highest BCUT2D eigenvalue weighted by molar-refractivity contribution is 6.16. The van der Waals surface area contributed by atoms with E-state index < -0.39 is 0 Å². The molecule has 2 aliphatic rings. The lowest BCUT2D eigenvalue weighted by molar-refractivity contribution is 0.0989. The van der Waals surface area contributed by atoms with Gasteiger partial charge in [0.25, 0.3) is 5.91 Å². The minimum absolute atomic E-state index is 0.0345. The Hall–Kier alpha value is -3.81. The van der Waals surface area contributed by atoms with E-state index in [0.717, 1.165) is 47.5 Å². The fourth-order valence-electron chi connectivity index (χ4n) is 4.56. The van der Waals surface area contributed by atoms with E-state index in [1.54, 1.807) is 11.9 Å². The van der Waals surface area contributed by atoms with Gasteiger partial charge in [-0.05, 0) is 62.1 Å². The van der Waals surface area contributed by atoms with E-state index in [1.807, 2.05) is 54.3 Å². The Bertz CT molecular complexity index is 1160. The van der Waals surface area contributed by atoms with Gasteiger partial charge in [0, 0.05) is 43.5 Å². The first-order chi connectivity index (χ1) is 16.4. The molecule has 178 valence electrons. The van der Waals surface area contributed by atoms with Crippen molar-refractivity contribution in [3.8, 4) is 0 Å². The van der Waals surface area contributed by atoms with Gasteiger partial charge >= 0.3 is 6.03 Å². The van der Waals surface area contributed by atoms with Crippen molar-refractivity contribution in [2.75, 3.05) is 30.4 Å². The third-order valence-corrected chi connectivity index (χ3v) is 6.58. The highest BCUT2D eigenvalue weighted by Gasteiger charge is 2.27. The summed E-state index contributed by atoms with van der Waals surface area (Å²) in [5.74, 6) is 0.510. The molecule has 2 aromatic carbocycles. The molecule has 1 fully saturated rings. The van der Waals surface area contributed by atoms with E-state index in [1.165, 1.54) is 6.20 Å². The number of amides is 3. The van der Waals surface area contributed by atoms with Crippen LogP contribution >= 0.6 is 0 Å². The molecule has 1 saturated heterocycles. The Morgan fingerprint density at radius 2 is 2.06 bits per heavy atom. The number of carbonyl (C=O) groups excluding carboxylic acids is 2. The number of nitrogens with one attached hydrogen (secondary N) is 2. The molecular formula is C26H32N6O2. The van der Waals surface area contributed by atoms with Gasteiger partial charge in [0.1, 0.15) is 5.84 Å². The summed E-state index contributed by atoms with van der Waals surface area (Å²) in [5.41, 5.74) is 10.7. The number of para-hydroxylation sites is 2. The van der Waals surface area contributed by atoms with Crippen molar-refractivity contribution in [3.63, 3.8) is 0 Å². The summed E-state index contributed by atoms with van der Waals surface area (Å²) in [5, 5.41) is 6.30. The predicted octanol–water partition coefficient (Wildman–Crippen LogP) is 3.63. The number of nitrogens with two attached hydrogens (primary N) is 1. The lowest BCUT2D eigenvalue weighted by atomic mass is 10.0. The van der Waals surface area contributed by atoms with Gasteiger partial charge in [-0.25, -0.2) is 4.79 Å². The van der Waals surface area contributed by atoms with E-state index in [-0.39, 0.29) is 18.0 Å². The number of carbonyl (C=O) groups is 2. The van der Waals surface area contributed by atoms with E-state index in [0.29, 0.717) is 24.5 Å². The van der Waals surface area contributed by atoms with Crippen LogP contribution in [-0.2, 0) is 6.54 Å². The van der Waals surface area contributed by atoms with Crippen LogP contribution in [0.5, 0.6) is 0 Å². The minimum Gasteiger partial charge on any atom is -0.404 e. The van der Waals surface area contributed by atoms with Crippen molar-refractivity contribution in [3.05, 3.63) is 70.9 Å². The standard InChI is InChI=1S/C26H32N6O2/c1-17-13-19(10-11-20(17)15-29-26(34)31-12-6-7-18(31)2)25(33)32-16-21(14-27)24(28-3)30-22-8-4-5-9-23(22)32/h4-5,8-11,13-14,18H,6-7,12,15-16,27H2,1-3H3,(H,28,30)(H,29,34)/b21-14-. The zero-order valence-electron chi connectivity index (χ0n) is 20.0. The summed E-state index contributed by atoms with van der Waals surface area (Å²) in [7, 11) is 1.69. The van der Waals surface area contributed by atoms with E-state index in [9.17, 15) is 9.59 Å². The highest BCUT2D eigenvalue weighted by Crippen LogP contribution is 2.31. The van der Waals surface area contributed by atoms with Gasteiger partial charge in [-0.3, -0.25) is 9.79 Å². The fourth-order valence-corrected chi connectivity index (χ4v) is 4.56. The molecule has 0 aliphatic carbocycles. The van der Waals surface area contributed by atoms with Crippen molar-refractivity contribution in [2.45, 2.75) is 39.3 Å². The zero-order valence-corrected chi connectivity index (χ0v) is 20.0. The molecular weight excluding hydrogens is 428 g/mol. The third-order valence-electron chi connectivity index (χ3n) is 6.58. The smallest absolute Gasteiger partial charge is 0.317 e. The van der Waals surface area contributed by atoms with E-state index >= 15 is 0 Å². The van der Waals surface area contributed by atoms with Crippen LogP contribution in [0, 0.1) is 6.92 Å². The largest absolute Gasteiger partial charge is 0.404 e. The van der Waals surface area contributed by atoms with Crippen LogP contribution < -0.4 is 21.3 Å². The van der Waals surface area contributed by atoms with Crippen LogP contribution in [-0.4, -0.2) is 48.9 Å². The van der Waals surface area contributed by atoms with Gasteiger partial charge in [-0.2, -0.15) is 0 Å². The zero-order chi connectivity index (χ0) is 24.2. The maximum atomic E-state index is 13.6. The second-order valence-electron chi connectivity index (χ2n) is 8.78. The van der Waals surface area contributed by atoms with Crippen molar-refractivity contribution in [1.29, 1.82) is 0 Å². The molecule has 4 N–H and O–H groups in total. The van der Waals surface area contributed by atoms with Crippen LogP contribution in [0.2, 0.25) is 0 Å². The number of rotatable bonds is 3. The van der Waals surface area contributed by atoms with Crippen molar-refractivity contribution in [2.24, 2.45) is 10.7 Å². The monoisotopic (exact) mass is 460 g/mol. The Labute approximate surface area is 200 Å². The summed E-state index contributed by atoms with van der Waals surface area (Å²) >= 11 is 0. The number of urea groups is 1. The second kappa shape index (κ2) is 9.99. The van der Waals surface area contributed by atoms with Gasteiger partial charge in [-0.15, -0.1) is 0 Å². The summed E-state index contributed by atoms with van der Waals surface area (Å²) < 4.78 is 0. The molecule has 0 saturated carbocycles. The molecule has 1 atom stereocenters. The number of hydrogen-bond acceptors (Lipinski definition) is 4. The Balaban J connectivity index is 1.54. The Morgan fingerprint density at radius 1 is 1.26 bits per heavy atom. The number of fused-ring (bicyclic) bond motifs is 1. The number of aryl methyl sites for hydroxylation is 1. The first-order valence-corrected chi connectivity index (χ1v) is 11.6. The molecule has 1 unspecified atom stereocenters. The van der Waals surface area contributed by atoms with Gasteiger partial charge in [0.05, 0.1) is 17.9 Å². The molecule has 3 amide bonds. The summed E-state index contributed by atoms with van der Waals surface area (Å²) in [6, 6.07) is 13.5. The fraction of sp³-hybridized carbons (Fsp3) is 0.346. The molecule has 4 rings (SSSR count). The molecule has 34 heavy (non-hydrogen) atoms. The molecule has 8 heteroatoms. The van der Waals surface area contributed by atoms with E-state index in [2.05, 4.69) is 22.5 Å². The third kappa shape index (κ3) is 4.62. The normalized spacial score (nSPS) is 20.1. The SMILES string of the molecule is CN=C1Nc2ccccc2N(C(=O)c2ccc(CNC(=O)N3CCCC3C)c(C)c2)C/C1=C/N. The highest BCUT2D eigenvalue weighted by atomic mass is 16.2. The van der Waals surface area contributed by atoms with Crippen LogP contribution in [0.15, 0.2) is 59.2 Å². The van der Waals surface area contributed by atoms with Crippen molar-refractivity contribution in [1.82, 2.24) is 10.2 Å². The first kappa shape index (κ1) is 23.4. The maximum Gasteiger partial charge on any atom is 0.317 e. The molecule has 2 heterocycles. The predicted molar refractivity (Wildman–Crippen MR) is 136 cm³/mol. The molecule has 0 spiro atoms. The summed E-state index contributed by atoms with van der Waals surface area (Å²) in [6.07, 6.45) is 3.58. The van der Waals surface area contributed by atoms with Crippen LogP contribution in [0.3, 0.4) is 0 Å². The average Bonchev–Trinajstić information content (AvgIpc) is 3.20. The van der Waals surface area contributed by atoms with Crippen molar-refractivity contribution >= 4 is 29.1 Å². The number of benzene rings is 2. The second-order valence-corrected chi connectivity index (χ2v) is 8.78. The molecule has 8 nitrogen and oxygen atoms in total. The summed E-state index contributed by atoms with van der Waals surface area (Å²) in [4.78, 5) is 34.0. The Kier molecular flexibility index (Phi) is 6.86. The van der Waals surface area contributed by atoms with Crippen molar-refractivity contribution < 1.29 is 9.59 Å². The quantitative estimate of drug-likeness (QED) is 0.651. The number of nitrogens with zero attached hydrogens (tertiary/aromatic N) is 3. The van der Waals surface area contributed by atoms with Gasteiger partial charge in [0.15, 0.2) is 0 Å². The maximum absolute atomic E-state index is 13.6. The van der Waals surface area contributed by atoms with Gasteiger partial charge in [0.2, 0.25) is 0 Å². The number of aliphatic imine (C=N–C) groups is 1. The number of anilines is 2. The lowest BCUT2D eigenvalue weighted by Gasteiger charge is -2.23. The van der Waals surface area contributed by atoms with E-state index in [4.69, 9.17) is 5.73 Å². The Morgan fingerprint density at radius 3 is 2.74 bits per heavy atom. The number of hydrogen-bond donors (Lipinski definition) is 3. The first-order valence-electron chi connectivity index (χ1n) is 11.6. The van der Waals surface area contributed by atoms with Gasteiger partial charge in [-0.1, -0.05) is 18.2 Å². The minimum atomic E-state index is -0.129. The molecule has 0 aromatic heterocycles. The topological polar surface area (TPSA) is 103 Å². The number of amidine groups is 1. The van der Waals surface area contributed by atoms with Crippen LogP contribution in [0.4, 0.5) is 16.2 Å². The molecule has 2 aliphatic heterocycles. The average molecular weight is 461 g/mol. The van der Waals surface area contributed by atoms with Crippen LogP contribution in [0.25, 0.3) is 0 Å².